The van der Waals surface area contributed by atoms with Crippen LogP contribution < -0.4 is 16.0 Å². The SMILES string of the molecule is CNc1cc(N2CC3CCC2C3)nc(N)n1. The molecule has 0 aromatic carbocycles. The minimum atomic E-state index is 0.352. The van der Waals surface area contributed by atoms with Crippen LogP contribution in [0.5, 0.6) is 0 Å². The average Bonchev–Trinajstić information content (AvgIpc) is 2.89. The summed E-state index contributed by atoms with van der Waals surface area (Å²) in [5.74, 6) is 2.98. The summed E-state index contributed by atoms with van der Waals surface area (Å²) in [5, 5.41) is 3.02. The van der Waals surface area contributed by atoms with Crippen molar-refractivity contribution >= 4 is 17.6 Å². The molecule has 1 aliphatic heterocycles. The summed E-state index contributed by atoms with van der Waals surface area (Å²) in [6.07, 6.45) is 3.99. The smallest absolute Gasteiger partial charge is 0.223 e. The zero-order valence-corrected chi connectivity index (χ0v) is 9.48. The van der Waals surface area contributed by atoms with Gasteiger partial charge in [-0.1, -0.05) is 0 Å². The molecule has 1 aliphatic carbocycles. The van der Waals surface area contributed by atoms with E-state index in [1.165, 1.54) is 19.3 Å². The highest BCUT2D eigenvalue weighted by atomic mass is 15.3. The van der Waals surface area contributed by atoms with E-state index in [-0.39, 0.29) is 0 Å². The van der Waals surface area contributed by atoms with Crippen molar-refractivity contribution in [3.8, 4) is 0 Å². The van der Waals surface area contributed by atoms with Gasteiger partial charge in [0.25, 0.3) is 0 Å². The van der Waals surface area contributed by atoms with E-state index in [1.54, 1.807) is 0 Å². The molecule has 5 nitrogen and oxygen atoms in total. The van der Waals surface area contributed by atoms with Gasteiger partial charge in [0.15, 0.2) is 0 Å². The highest BCUT2D eigenvalue weighted by molar-refractivity contribution is 5.54. The number of piperidine rings is 1. The van der Waals surface area contributed by atoms with Crippen LogP contribution in [0.25, 0.3) is 0 Å². The molecule has 2 fully saturated rings. The molecule has 16 heavy (non-hydrogen) atoms. The van der Waals surface area contributed by atoms with Crippen LogP contribution in [0.2, 0.25) is 0 Å². The van der Waals surface area contributed by atoms with Gasteiger partial charge in [-0.25, -0.2) is 0 Å². The number of nitrogens with zero attached hydrogens (tertiary/aromatic N) is 3. The summed E-state index contributed by atoms with van der Waals surface area (Å²) >= 11 is 0. The second kappa shape index (κ2) is 3.50. The third-order valence-electron chi connectivity index (χ3n) is 3.69. The third-order valence-corrected chi connectivity index (χ3v) is 3.69. The van der Waals surface area contributed by atoms with Gasteiger partial charge in [0.05, 0.1) is 0 Å². The van der Waals surface area contributed by atoms with Crippen LogP contribution >= 0.6 is 0 Å². The first-order valence-electron chi connectivity index (χ1n) is 5.85. The minimum absolute atomic E-state index is 0.352. The maximum atomic E-state index is 5.71. The van der Waals surface area contributed by atoms with E-state index in [1.807, 2.05) is 13.1 Å². The Balaban J connectivity index is 1.91. The maximum absolute atomic E-state index is 5.71. The molecular formula is C11H17N5. The third kappa shape index (κ3) is 1.47. The largest absolute Gasteiger partial charge is 0.373 e. The highest BCUT2D eigenvalue weighted by Crippen LogP contribution is 2.39. The summed E-state index contributed by atoms with van der Waals surface area (Å²) in [6, 6.07) is 2.65. The van der Waals surface area contributed by atoms with E-state index in [9.17, 15) is 0 Å². The van der Waals surface area contributed by atoms with E-state index >= 15 is 0 Å². The second-order valence-corrected chi connectivity index (χ2v) is 4.70. The Bertz CT molecular complexity index is 405. The Morgan fingerprint density at radius 2 is 2.31 bits per heavy atom. The van der Waals surface area contributed by atoms with Crippen molar-refractivity contribution in [3.05, 3.63) is 6.07 Å². The Kier molecular flexibility index (Phi) is 2.12. The molecule has 2 unspecified atom stereocenters. The fraction of sp³-hybridized carbons (Fsp3) is 0.636. The van der Waals surface area contributed by atoms with Gasteiger partial charge in [-0.15, -0.1) is 0 Å². The van der Waals surface area contributed by atoms with Gasteiger partial charge in [0.2, 0.25) is 5.95 Å². The van der Waals surface area contributed by atoms with E-state index in [0.717, 1.165) is 24.1 Å². The molecule has 0 radical (unpaired) electrons. The monoisotopic (exact) mass is 219 g/mol. The Labute approximate surface area is 95.1 Å². The average molecular weight is 219 g/mol. The van der Waals surface area contributed by atoms with Crippen molar-refractivity contribution in [1.82, 2.24) is 9.97 Å². The Morgan fingerprint density at radius 1 is 1.44 bits per heavy atom. The van der Waals surface area contributed by atoms with Gasteiger partial charge in [0.1, 0.15) is 11.6 Å². The van der Waals surface area contributed by atoms with E-state index in [0.29, 0.717) is 12.0 Å². The van der Waals surface area contributed by atoms with Crippen LogP contribution in [0.4, 0.5) is 17.6 Å². The highest BCUT2D eigenvalue weighted by Gasteiger charge is 2.38. The van der Waals surface area contributed by atoms with E-state index < -0.39 is 0 Å². The standard InChI is InChI=1S/C11H17N5/c1-13-9-5-10(15-11(12)14-9)16-6-7-2-3-8(16)4-7/h5,7-8H,2-4,6H2,1H3,(H3,12,13,14,15). The molecule has 3 N–H and O–H groups in total. The zero-order valence-electron chi connectivity index (χ0n) is 9.48. The topological polar surface area (TPSA) is 67.1 Å². The van der Waals surface area contributed by atoms with Crippen LogP contribution in [-0.4, -0.2) is 29.6 Å². The summed E-state index contributed by atoms with van der Waals surface area (Å²) in [6.45, 7) is 1.13. The van der Waals surface area contributed by atoms with Crippen LogP contribution in [0.3, 0.4) is 0 Å². The van der Waals surface area contributed by atoms with Crippen LogP contribution in [0, 0.1) is 5.92 Å². The van der Waals surface area contributed by atoms with Crippen LogP contribution in [0.1, 0.15) is 19.3 Å². The molecule has 0 spiro atoms. The number of hydrogen-bond donors (Lipinski definition) is 2. The number of fused-ring (bicyclic) bond motifs is 2. The molecule has 1 aromatic rings. The molecule has 1 aromatic heterocycles. The van der Waals surface area contributed by atoms with Crippen molar-refractivity contribution in [2.24, 2.45) is 5.92 Å². The molecule has 2 heterocycles. The van der Waals surface area contributed by atoms with Gasteiger partial charge in [-0.3, -0.25) is 0 Å². The molecule has 86 valence electrons. The van der Waals surface area contributed by atoms with Crippen molar-refractivity contribution in [2.75, 3.05) is 29.5 Å². The molecule has 5 heteroatoms. The number of nitrogens with two attached hydrogens (primary N) is 1. The quantitative estimate of drug-likeness (QED) is 0.779. The molecule has 1 saturated heterocycles. The molecule has 2 aliphatic rings. The molecule has 2 bridgehead atoms. The van der Waals surface area contributed by atoms with Crippen molar-refractivity contribution in [1.29, 1.82) is 0 Å². The van der Waals surface area contributed by atoms with Crippen LogP contribution in [0.15, 0.2) is 6.07 Å². The summed E-state index contributed by atoms with van der Waals surface area (Å²) in [7, 11) is 1.85. The first-order chi connectivity index (χ1) is 7.76. The maximum Gasteiger partial charge on any atom is 0.223 e. The molecule has 3 rings (SSSR count). The summed E-state index contributed by atoms with van der Waals surface area (Å²) < 4.78 is 0. The second-order valence-electron chi connectivity index (χ2n) is 4.70. The number of aromatic nitrogens is 2. The predicted octanol–water partition coefficient (Wildman–Crippen LogP) is 1.09. The van der Waals surface area contributed by atoms with Gasteiger partial charge in [-0.05, 0) is 25.2 Å². The van der Waals surface area contributed by atoms with E-state index in [2.05, 4.69) is 20.2 Å². The van der Waals surface area contributed by atoms with Gasteiger partial charge in [0, 0.05) is 25.7 Å². The summed E-state index contributed by atoms with van der Waals surface area (Å²) in [5.41, 5.74) is 5.71. The van der Waals surface area contributed by atoms with Gasteiger partial charge < -0.3 is 16.0 Å². The first-order valence-corrected chi connectivity index (χ1v) is 5.85. The van der Waals surface area contributed by atoms with E-state index in [4.69, 9.17) is 5.73 Å². The van der Waals surface area contributed by atoms with Gasteiger partial charge >= 0.3 is 0 Å². The lowest BCUT2D eigenvalue weighted by Crippen LogP contribution is -2.32. The van der Waals surface area contributed by atoms with Crippen molar-refractivity contribution in [2.45, 2.75) is 25.3 Å². The lowest BCUT2D eigenvalue weighted by molar-refractivity contribution is 0.550. The number of rotatable bonds is 2. The minimum Gasteiger partial charge on any atom is -0.373 e. The molecule has 1 saturated carbocycles. The van der Waals surface area contributed by atoms with Crippen LogP contribution in [-0.2, 0) is 0 Å². The molecular weight excluding hydrogens is 202 g/mol. The zero-order chi connectivity index (χ0) is 11.1. The number of anilines is 3. The Hall–Kier alpha value is -1.52. The predicted molar refractivity (Wildman–Crippen MR) is 64.5 cm³/mol. The fourth-order valence-electron chi connectivity index (χ4n) is 2.93. The molecule has 2 atom stereocenters. The Morgan fingerprint density at radius 3 is 2.94 bits per heavy atom. The first kappa shape index (κ1) is 9.69. The lowest BCUT2D eigenvalue weighted by Gasteiger charge is -2.28. The normalized spacial score (nSPS) is 27.4. The van der Waals surface area contributed by atoms with Gasteiger partial charge in [-0.2, -0.15) is 9.97 Å². The number of nitrogens with one attached hydrogen (secondary N) is 1. The van der Waals surface area contributed by atoms with Crippen molar-refractivity contribution in [3.63, 3.8) is 0 Å². The molecule has 0 amide bonds. The fourth-order valence-corrected chi connectivity index (χ4v) is 2.93. The number of nitrogen functional groups attached to an aromatic ring is 1. The lowest BCUT2D eigenvalue weighted by atomic mass is 10.1. The van der Waals surface area contributed by atoms with Crippen molar-refractivity contribution < 1.29 is 0 Å². The number of hydrogen-bond acceptors (Lipinski definition) is 5. The summed E-state index contributed by atoms with van der Waals surface area (Å²) in [4.78, 5) is 10.8.